The molecule has 1 aromatic carbocycles. The topological polar surface area (TPSA) is 67.2 Å². The molecule has 1 aromatic heterocycles. The average Bonchev–Trinajstić information content (AvgIpc) is 2.90. The average molecular weight is 355 g/mol. The Hall–Kier alpha value is -2.35. The number of carbonyl (C=O) groups is 1. The second-order valence-corrected chi connectivity index (χ2v) is 6.61. The number of nitrogens with zero attached hydrogens (tertiary/aromatic N) is 2. The van der Waals surface area contributed by atoms with Crippen LogP contribution in [-0.4, -0.2) is 27.4 Å². The highest BCUT2D eigenvalue weighted by atomic mass is 19.4. The molecule has 1 amide bonds. The van der Waals surface area contributed by atoms with Crippen molar-refractivity contribution in [1.29, 1.82) is 0 Å². The van der Waals surface area contributed by atoms with E-state index in [1.807, 2.05) is 20.8 Å². The highest BCUT2D eigenvalue weighted by molar-refractivity contribution is 6.05. The minimum Gasteiger partial charge on any atom is -0.394 e. The molecule has 2 rings (SSSR count). The van der Waals surface area contributed by atoms with E-state index in [1.165, 1.54) is 16.8 Å². The number of nitrogens with one attached hydrogen (secondary N) is 1. The molecule has 0 saturated heterocycles. The lowest BCUT2D eigenvalue weighted by Crippen LogP contribution is -2.20. The number of benzene rings is 1. The lowest BCUT2D eigenvalue weighted by Gasteiger charge is -2.13. The molecule has 2 aromatic rings. The van der Waals surface area contributed by atoms with Crippen molar-refractivity contribution in [3.05, 3.63) is 47.2 Å². The maximum Gasteiger partial charge on any atom is 0.417 e. The van der Waals surface area contributed by atoms with Crippen LogP contribution in [0.25, 0.3) is 0 Å². The summed E-state index contributed by atoms with van der Waals surface area (Å²) in [6.45, 7) is 5.66. The van der Waals surface area contributed by atoms with E-state index < -0.39 is 23.2 Å². The van der Waals surface area contributed by atoms with Crippen LogP contribution in [0.4, 0.5) is 19.0 Å². The highest BCUT2D eigenvalue weighted by Gasteiger charge is 2.35. The SMILES string of the molecule is CC(C)(C)c1cc(NC(=O)c2ccccc2C(F)(F)F)n(CCO)n1. The van der Waals surface area contributed by atoms with E-state index in [4.69, 9.17) is 5.11 Å². The summed E-state index contributed by atoms with van der Waals surface area (Å²) >= 11 is 0. The second kappa shape index (κ2) is 6.87. The van der Waals surface area contributed by atoms with Crippen LogP contribution >= 0.6 is 0 Å². The number of hydrogen-bond donors (Lipinski definition) is 2. The van der Waals surface area contributed by atoms with E-state index in [0.717, 1.165) is 12.1 Å². The van der Waals surface area contributed by atoms with E-state index in [-0.39, 0.29) is 24.4 Å². The molecule has 0 spiro atoms. The zero-order chi connectivity index (χ0) is 18.8. The largest absolute Gasteiger partial charge is 0.417 e. The van der Waals surface area contributed by atoms with Crippen molar-refractivity contribution in [2.24, 2.45) is 0 Å². The molecule has 0 aliphatic rings. The van der Waals surface area contributed by atoms with Gasteiger partial charge in [0, 0.05) is 11.5 Å². The lowest BCUT2D eigenvalue weighted by molar-refractivity contribution is -0.137. The molecule has 1 heterocycles. The predicted molar refractivity (Wildman–Crippen MR) is 87.4 cm³/mol. The van der Waals surface area contributed by atoms with Gasteiger partial charge in [0.15, 0.2) is 0 Å². The van der Waals surface area contributed by atoms with Gasteiger partial charge in [0.25, 0.3) is 5.91 Å². The van der Waals surface area contributed by atoms with Gasteiger partial charge in [-0.3, -0.25) is 4.79 Å². The summed E-state index contributed by atoms with van der Waals surface area (Å²) in [4.78, 5) is 12.4. The Kier molecular flexibility index (Phi) is 5.22. The van der Waals surface area contributed by atoms with Crippen molar-refractivity contribution < 1.29 is 23.1 Å². The second-order valence-electron chi connectivity index (χ2n) is 6.61. The first-order chi connectivity index (χ1) is 11.5. The molecule has 25 heavy (non-hydrogen) atoms. The van der Waals surface area contributed by atoms with Crippen molar-refractivity contribution in [2.45, 2.75) is 38.9 Å². The number of anilines is 1. The Morgan fingerprint density at radius 2 is 1.88 bits per heavy atom. The Bertz CT molecular complexity index is 761. The first-order valence-electron chi connectivity index (χ1n) is 7.71. The van der Waals surface area contributed by atoms with Gasteiger partial charge in [-0.25, -0.2) is 4.68 Å². The molecule has 0 bridgehead atoms. The molecule has 136 valence electrons. The molecule has 0 unspecified atom stereocenters. The summed E-state index contributed by atoms with van der Waals surface area (Å²) in [7, 11) is 0. The fourth-order valence-corrected chi connectivity index (χ4v) is 2.26. The van der Waals surface area contributed by atoms with Crippen LogP contribution < -0.4 is 5.32 Å². The summed E-state index contributed by atoms with van der Waals surface area (Å²) in [5.74, 6) is -0.645. The third-order valence-electron chi connectivity index (χ3n) is 3.58. The highest BCUT2D eigenvalue weighted by Crippen LogP contribution is 2.32. The molecule has 5 nitrogen and oxygen atoms in total. The molecule has 2 N–H and O–H groups in total. The van der Waals surface area contributed by atoms with Crippen molar-refractivity contribution in [2.75, 3.05) is 11.9 Å². The van der Waals surface area contributed by atoms with E-state index >= 15 is 0 Å². The predicted octanol–water partition coefficient (Wildman–Crippen LogP) is 3.44. The number of hydrogen-bond acceptors (Lipinski definition) is 3. The maximum atomic E-state index is 13.1. The number of aliphatic hydroxyl groups excluding tert-OH is 1. The van der Waals surface area contributed by atoms with Gasteiger partial charge in [0.05, 0.1) is 30.0 Å². The van der Waals surface area contributed by atoms with Gasteiger partial charge in [0.2, 0.25) is 0 Å². The Labute approximate surface area is 143 Å². The Balaban J connectivity index is 2.37. The molecular formula is C17H20F3N3O2. The molecule has 0 radical (unpaired) electrons. The smallest absolute Gasteiger partial charge is 0.394 e. The standard InChI is InChI=1S/C17H20F3N3O2/c1-16(2,3)13-10-14(23(22-13)8-9-24)21-15(25)11-6-4-5-7-12(11)17(18,19)20/h4-7,10,24H,8-9H2,1-3H3,(H,21,25). The van der Waals surface area contributed by atoms with E-state index in [2.05, 4.69) is 10.4 Å². The van der Waals surface area contributed by atoms with Crippen molar-refractivity contribution in [3.8, 4) is 0 Å². The molecule has 0 atom stereocenters. The minimum absolute atomic E-state index is 0.118. The fourth-order valence-electron chi connectivity index (χ4n) is 2.26. The zero-order valence-electron chi connectivity index (χ0n) is 14.2. The Morgan fingerprint density at radius 1 is 1.24 bits per heavy atom. The maximum absolute atomic E-state index is 13.1. The molecule has 0 aliphatic carbocycles. The fraction of sp³-hybridized carbons (Fsp3) is 0.412. The van der Waals surface area contributed by atoms with Gasteiger partial charge < -0.3 is 10.4 Å². The van der Waals surface area contributed by atoms with Gasteiger partial charge >= 0.3 is 6.18 Å². The van der Waals surface area contributed by atoms with Crippen molar-refractivity contribution in [1.82, 2.24) is 9.78 Å². The third kappa shape index (κ3) is 4.39. The number of halogens is 3. The molecule has 0 saturated carbocycles. The van der Waals surface area contributed by atoms with Crippen LogP contribution in [0.2, 0.25) is 0 Å². The molecular weight excluding hydrogens is 335 g/mol. The minimum atomic E-state index is -4.63. The third-order valence-corrected chi connectivity index (χ3v) is 3.58. The number of alkyl halides is 3. The van der Waals surface area contributed by atoms with Gasteiger partial charge in [-0.05, 0) is 12.1 Å². The van der Waals surface area contributed by atoms with Crippen molar-refractivity contribution in [3.63, 3.8) is 0 Å². The molecule has 8 heteroatoms. The van der Waals surface area contributed by atoms with Crippen LogP contribution in [0, 0.1) is 0 Å². The summed E-state index contributed by atoms with van der Waals surface area (Å²) in [5, 5.41) is 15.9. The van der Waals surface area contributed by atoms with Gasteiger partial charge in [-0.1, -0.05) is 32.9 Å². The van der Waals surface area contributed by atoms with Gasteiger partial charge in [0.1, 0.15) is 5.82 Å². The number of aliphatic hydroxyl groups is 1. The van der Waals surface area contributed by atoms with Gasteiger partial charge in [-0.15, -0.1) is 0 Å². The first-order valence-corrected chi connectivity index (χ1v) is 7.71. The first kappa shape index (κ1) is 19.0. The number of rotatable bonds is 4. The van der Waals surface area contributed by atoms with Crippen LogP contribution in [0.3, 0.4) is 0 Å². The van der Waals surface area contributed by atoms with Crippen molar-refractivity contribution >= 4 is 11.7 Å². The van der Waals surface area contributed by atoms with Crippen LogP contribution in [0.15, 0.2) is 30.3 Å². The zero-order valence-corrected chi connectivity index (χ0v) is 14.2. The monoisotopic (exact) mass is 355 g/mol. The summed E-state index contributed by atoms with van der Waals surface area (Å²) < 4.78 is 40.6. The van der Waals surface area contributed by atoms with E-state index in [0.29, 0.717) is 5.69 Å². The molecule has 0 fully saturated rings. The van der Waals surface area contributed by atoms with Crippen LogP contribution in [-0.2, 0) is 18.1 Å². The quantitative estimate of drug-likeness (QED) is 0.883. The van der Waals surface area contributed by atoms with Crippen LogP contribution in [0.1, 0.15) is 42.4 Å². The lowest BCUT2D eigenvalue weighted by atomic mass is 9.92. The Morgan fingerprint density at radius 3 is 2.44 bits per heavy atom. The number of amides is 1. The van der Waals surface area contributed by atoms with Gasteiger partial charge in [-0.2, -0.15) is 18.3 Å². The number of carbonyl (C=O) groups excluding carboxylic acids is 1. The molecule has 0 aliphatic heterocycles. The summed E-state index contributed by atoms with van der Waals surface area (Å²) in [6.07, 6.45) is -4.63. The summed E-state index contributed by atoms with van der Waals surface area (Å²) in [6, 6.07) is 6.18. The normalized spacial score (nSPS) is 12.3. The van der Waals surface area contributed by atoms with E-state index in [9.17, 15) is 18.0 Å². The van der Waals surface area contributed by atoms with E-state index in [1.54, 1.807) is 6.07 Å². The summed E-state index contributed by atoms with van der Waals surface area (Å²) in [5.41, 5.74) is -1.13. The number of aromatic nitrogens is 2. The van der Waals surface area contributed by atoms with Crippen LogP contribution in [0.5, 0.6) is 0 Å².